The lowest BCUT2D eigenvalue weighted by molar-refractivity contribution is 0.332. The molecule has 5 aromatic carbocycles. The summed E-state index contributed by atoms with van der Waals surface area (Å²) in [5.74, 6) is 1.68. The van der Waals surface area contributed by atoms with Crippen LogP contribution < -0.4 is 25.5 Å². The van der Waals surface area contributed by atoms with E-state index in [-0.39, 0.29) is 23.0 Å². The maximum Gasteiger partial charge on any atom is 0.264 e. The van der Waals surface area contributed by atoms with Crippen LogP contribution in [0.4, 0.5) is 34.1 Å². The van der Waals surface area contributed by atoms with Gasteiger partial charge in [-0.25, -0.2) is 0 Å². The molecule has 0 bridgehead atoms. The first-order valence-corrected chi connectivity index (χ1v) is 24.2. The molecule has 2 aliphatic heterocycles. The van der Waals surface area contributed by atoms with Crippen LogP contribution in [0.5, 0.6) is 0 Å². The fraction of sp³-hybridized carbons (Fsp3) is 0.379. The van der Waals surface area contributed by atoms with Crippen molar-refractivity contribution in [1.82, 2.24) is 0 Å². The lowest BCUT2D eigenvalue weighted by Crippen LogP contribution is -2.60. The first-order chi connectivity index (χ1) is 29.3. The Morgan fingerprint density at radius 2 is 1.39 bits per heavy atom. The first kappa shape index (κ1) is 41.2. The van der Waals surface area contributed by atoms with E-state index in [4.69, 9.17) is 0 Å². The van der Waals surface area contributed by atoms with Crippen molar-refractivity contribution in [3.05, 3.63) is 142 Å². The van der Waals surface area contributed by atoms with E-state index in [9.17, 15) is 0 Å². The van der Waals surface area contributed by atoms with Gasteiger partial charge in [0.15, 0.2) is 0 Å². The summed E-state index contributed by atoms with van der Waals surface area (Å²) < 4.78 is 2.86. The SMILES string of the molecule is Cc1cc2c3c(c1)N(c1ccc(C(C)(C)C)cc1)c1c(sc4cc5c(cc14)C(C)(C)CCC5(C)C)B3c1cc(C(C)C)ccc1N2c1ccc(C2=CCC(C(C)C)C=C2)cc1C. The molecule has 4 aliphatic rings. The number of benzene rings is 5. The van der Waals surface area contributed by atoms with Crippen LogP contribution in [-0.2, 0) is 16.2 Å². The second kappa shape index (κ2) is 14.4. The number of allylic oxidation sites excluding steroid dienone is 4. The number of hydrogen-bond donors (Lipinski definition) is 0. The van der Waals surface area contributed by atoms with E-state index in [1.165, 1.54) is 117 Å². The van der Waals surface area contributed by atoms with Crippen LogP contribution in [0, 0.1) is 25.7 Å². The Hall–Kier alpha value is -4.80. The highest BCUT2D eigenvalue weighted by atomic mass is 32.1. The summed E-state index contributed by atoms with van der Waals surface area (Å²) in [4.78, 5) is 5.28. The number of aryl methyl sites for hydroxylation is 2. The molecule has 1 aromatic heterocycles. The van der Waals surface area contributed by atoms with Gasteiger partial charge in [0.1, 0.15) is 0 Å². The molecule has 2 aliphatic carbocycles. The Labute approximate surface area is 376 Å². The Morgan fingerprint density at radius 3 is 2.00 bits per heavy atom. The van der Waals surface area contributed by atoms with Crippen LogP contribution in [0.25, 0.3) is 15.7 Å². The molecule has 0 radical (unpaired) electrons. The van der Waals surface area contributed by atoms with Gasteiger partial charge >= 0.3 is 0 Å². The van der Waals surface area contributed by atoms with Crippen molar-refractivity contribution in [2.24, 2.45) is 11.8 Å². The monoisotopic (exact) mass is 832 g/mol. The molecule has 4 heteroatoms. The van der Waals surface area contributed by atoms with Crippen molar-refractivity contribution in [3.8, 4) is 0 Å². The topological polar surface area (TPSA) is 6.48 Å². The zero-order valence-electron chi connectivity index (χ0n) is 39.5. The van der Waals surface area contributed by atoms with Crippen LogP contribution in [0.3, 0.4) is 0 Å². The summed E-state index contributed by atoms with van der Waals surface area (Å²) in [6, 6.07) is 34.3. The zero-order valence-corrected chi connectivity index (χ0v) is 40.4. The Bertz CT molecular complexity index is 2860. The Kier molecular flexibility index (Phi) is 9.55. The van der Waals surface area contributed by atoms with Crippen molar-refractivity contribution in [1.29, 1.82) is 0 Å². The van der Waals surface area contributed by atoms with Crippen LogP contribution >= 0.6 is 11.3 Å². The Morgan fingerprint density at radius 1 is 0.726 bits per heavy atom. The number of thiophene rings is 1. The van der Waals surface area contributed by atoms with E-state index in [1.54, 1.807) is 0 Å². The summed E-state index contributed by atoms with van der Waals surface area (Å²) in [5, 5.41) is 1.39. The molecule has 316 valence electrons. The number of fused-ring (bicyclic) bond motifs is 7. The van der Waals surface area contributed by atoms with Crippen molar-refractivity contribution >= 4 is 83.5 Å². The molecule has 0 N–H and O–H groups in total. The molecular formula is C58H65BN2S. The van der Waals surface area contributed by atoms with Gasteiger partial charge in [0.25, 0.3) is 6.71 Å². The highest BCUT2D eigenvalue weighted by molar-refractivity contribution is 7.33. The quantitative estimate of drug-likeness (QED) is 0.159. The van der Waals surface area contributed by atoms with Crippen molar-refractivity contribution in [2.75, 3.05) is 9.80 Å². The summed E-state index contributed by atoms with van der Waals surface area (Å²) >= 11 is 2.05. The second-order valence-electron chi connectivity index (χ2n) is 22.2. The summed E-state index contributed by atoms with van der Waals surface area (Å²) in [6.07, 6.45) is 10.8. The molecule has 0 saturated carbocycles. The van der Waals surface area contributed by atoms with Gasteiger partial charge in [-0.05, 0) is 177 Å². The molecule has 1 atom stereocenters. The molecule has 0 saturated heterocycles. The highest BCUT2D eigenvalue weighted by Crippen LogP contribution is 2.53. The maximum atomic E-state index is 2.66. The average molecular weight is 833 g/mol. The lowest BCUT2D eigenvalue weighted by atomic mass is 9.36. The molecule has 6 aromatic rings. The van der Waals surface area contributed by atoms with Gasteiger partial charge in [0.05, 0.1) is 5.69 Å². The molecule has 1 unspecified atom stereocenters. The van der Waals surface area contributed by atoms with Gasteiger partial charge in [0, 0.05) is 43.3 Å². The third kappa shape index (κ3) is 6.48. The molecule has 0 amide bonds. The van der Waals surface area contributed by atoms with E-state index in [0.717, 1.165) is 6.42 Å². The summed E-state index contributed by atoms with van der Waals surface area (Å²) in [7, 11) is 0. The third-order valence-corrected chi connectivity index (χ3v) is 16.4. The van der Waals surface area contributed by atoms with Crippen LogP contribution in [0.1, 0.15) is 140 Å². The van der Waals surface area contributed by atoms with Gasteiger partial charge in [-0.15, -0.1) is 11.3 Å². The number of anilines is 6. The highest BCUT2D eigenvalue weighted by Gasteiger charge is 2.47. The predicted octanol–water partition coefficient (Wildman–Crippen LogP) is 15.0. The fourth-order valence-corrected chi connectivity index (χ4v) is 12.5. The summed E-state index contributed by atoms with van der Waals surface area (Å²) in [5.41, 5.74) is 21.9. The molecule has 3 heterocycles. The minimum atomic E-state index is 0.0672. The van der Waals surface area contributed by atoms with Crippen molar-refractivity contribution in [3.63, 3.8) is 0 Å². The molecular weight excluding hydrogens is 768 g/mol. The predicted molar refractivity (Wildman–Crippen MR) is 273 cm³/mol. The lowest BCUT2D eigenvalue weighted by Gasteiger charge is -2.44. The minimum absolute atomic E-state index is 0.0672. The number of nitrogens with zero attached hydrogens (tertiary/aromatic N) is 2. The van der Waals surface area contributed by atoms with Gasteiger partial charge < -0.3 is 9.80 Å². The van der Waals surface area contributed by atoms with E-state index in [0.29, 0.717) is 17.8 Å². The molecule has 0 spiro atoms. The molecule has 10 rings (SSSR count). The van der Waals surface area contributed by atoms with Crippen molar-refractivity contribution in [2.45, 2.75) is 131 Å². The van der Waals surface area contributed by atoms with Crippen LogP contribution in [0.15, 0.2) is 103 Å². The molecule has 62 heavy (non-hydrogen) atoms. The maximum absolute atomic E-state index is 2.66. The first-order valence-electron chi connectivity index (χ1n) is 23.4. The van der Waals surface area contributed by atoms with Crippen molar-refractivity contribution < 1.29 is 0 Å². The average Bonchev–Trinajstić information content (AvgIpc) is 3.60. The molecule has 2 nitrogen and oxygen atoms in total. The smallest absolute Gasteiger partial charge is 0.264 e. The van der Waals surface area contributed by atoms with E-state index < -0.39 is 0 Å². The van der Waals surface area contributed by atoms with E-state index in [2.05, 4.69) is 203 Å². The minimum Gasteiger partial charge on any atom is -0.311 e. The molecule has 0 fully saturated rings. The zero-order chi connectivity index (χ0) is 43.8. The normalized spacial score (nSPS) is 18.5. The second-order valence-corrected chi connectivity index (χ2v) is 23.3. The van der Waals surface area contributed by atoms with E-state index >= 15 is 0 Å². The largest absolute Gasteiger partial charge is 0.311 e. The summed E-state index contributed by atoms with van der Waals surface area (Å²) in [6.45, 7) is 30.9. The van der Waals surface area contributed by atoms with E-state index in [1.807, 2.05) is 11.3 Å². The standard InChI is InChI=1S/C58H65BN2S/c1-34(2)38-14-16-39(17-15-38)41-19-24-48(37(6)30-41)61-49-25-18-40(35(3)4)31-47(49)59-53-50(28-36(5)29-51(53)61)60(43-22-20-42(21-23-43)56(7,8)9)54-44-32-45-46(33-52(44)62-55(54)59)58(12,13)27-26-57(45,10)11/h14,16-25,28-35,38H,15,26-27H2,1-13H3. The fourth-order valence-electron chi connectivity index (χ4n) is 11.1. The van der Waals surface area contributed by atoms with Gasteiger partial charge in [-0.3, -0.25) is 0 Å². The Balaban J connectivity index is 1.25. The van der Waals surface area contributed by atoms with Crippen LogP contribution in [-0.4, -0.2) is 6.71 Å². The van der Waals surface area contributed by atoms with Crippen LogP contribution in [0.2, 0.25) is 0 Å². The number of hydrogen-bond acceptors (Lipinski definition) is 3. The van der Waals surface area contributed by atoms with Gasteiger partial charge in [-0.1, -0.05) is 125 Å². The third-order valence-electron chi connectivity index (χ3n) is 15.2. The number of rotatable bonds is 5. The van der Waals surface area contributed by atoms with Gasteiger partial charge in [-0.2, -0.15) is 0 Å². The van der Waals surface area contributed by atoms with Gasteiger partial charge in [0.2, 0.25) is 0 Å².